The van der Waals surface area contributed by atoms with E-state index in [0.29, 0.717) is 12.8 Å². The lowest BCUT2D eigenvalue weighted by atomic mass is 9.97. The molecule has 0 saturated heterocycles. The fourth-order valence-corrected chi connectivity index (χ4v) is 3.96. The molecule has 2 aliphatic rings. The predicted molar refractivity (Wildman–Crippen MR) is 78.3 cm³/mol. The first-order valence-corrected chi connectivity index (χ1v) is 8.48. The zero-order valence-corrected chi connectivity index (χ0v) is 13.4. The Bertz CT molecular complexity index is 638. The standard InChI is InChI=1S/C16H15F5O2S/c17-15(18)13(22)12-10(7-4-8-11(12)24-16(19,20)21)14(15)23-9-5-2-1-3-6-9/h4,7-9,14H,1-3,5-6H2. The molecule has 1 saturated carbocycles. The molecule has 0 aliphatic heterocycles. The molecule has 0 spiro atoms. The van der Waals surface area contributed by atoms with Crippen LogP contribution in [0.25, 0.3) is 0 Å². The summed E-state index contributed by atoms with van der Waals surface area (Å²) >= 11 is -0.551. The van der Waals surface area contributed by atoms with E-state index in [9.17, 15) is 26.7 Å². The number of Topliss-reactive ketones (excluding diaryl/α,β-unsaturated/α-hetero) is 1. The van der Waals surface area contributed by atoms with Crippen molar-refractivity contribution in [2.75, 3.05) is 0 Å². The van der Waals surface area contributed by atoms with Crippen molar-refractivity contribution in [3.63, 3.8) is 0 Å². The highest BCUT2D eigenvalue weighted by Crippen LogP contribution is 2.51. The molecule has 3 rings (SSSR count). The number of rotatable bonds is 3. The van der Waals surface area contributed by atoms with Gasteiger partial charge in [-0.3, -0.25) is 4.79 Å². The second-order valence-electron chi connectivity index (χ2n) is 6.00. The molecular weight excluding hydrogens is 351 g/mol. The average molecular weight is 366 g/mol. The van der Waals surface area contributed by atoms with Crippen LogP contribution in [0.4, 0.5) is 22.0 Å². The normalized spacial score (nSPS) is 24.2. The van der Waals surface area contributed by atoms with Gasteiger partial charge in [0.15, 0.2) is 6.10 Å². The summed E-state index contributed by atoms with van der Waals surface area (Å²) in [6.45, 7) is 0. The van der Waals surface area contributed by atoms with Gasteiger partial charge in [-0.1, -0.05) is 31.4 Å². The first kappa shape index (κ1) is 17.7. The predicted octanol–water partition coefficient (Wildman–Crippen LogP) is 5.52. The van der Waals surface area contributed by atoms with Crippen LogP contribution in [0.5, 0.6) is 0 Å². The topological polar surface area (TPSA) is 26.3 Å². The van der Waals surface area contributed by atoms with Crippen molar-refractivity contribution in [1.29, 1.82) is 0 Å². The molecule has 132 valence electrons. The molecule has 2 aliphatic carbocycles. The molecule has 24 heavy (non-hydrogen) atoms. The summed E-state index contributed by atoms with van der Waals surface area (Å²) in [5.74, 6) is -5.44. The van der Waals surface area contributed by atoms with Crippen LogP contribution in [0.2, 0.25) is 0 Å². The molecule has 1 unspecified atom stereocenters. The highest BCUT2D eigenvalue weighted by atomic mass is 32.2. The molecule has 8 heteroatoms. The molecule has 1 atom stereocenters. The van der Waals surface area contributed by atoms with Crippen molar-refractivity contribution in [3.05, 3.63) is 29.3 Å². The highest BCUT2D eigenvalue weighted by molar-refractivity contribution is 8.00. The van der Waals surface area contributed by atoms with Gasteiger partial charge in [-0.05, 0) is 36.2 Å². The maximum absolute atomic E-state index is 14.4. The number of halogens is 5. The smallest absolute Gasteiger partial charge is 0.363 e. The van der Waals surface area contributed by atoms with Crippen molar-refractivity contribution in [2.24, 2.45) is 0 Å². The number of carbonyl (C=O) groups excluding carboxylic acids is 1. The molecule has 0 bridgehead atoms. The fraction of sp³-hybridized carbons (Fsp3) is 0.562. The van der Waals surface area contributed by atoms with Crippen molar-refractivity contribution >= 4 is 17.5 Å². The largest absolute Gasteiger partial charge is 0.446 e. The second-order valence-corrected chi connectivity index (χ2v) is 7.10. The molecule has 1 aromatic rings. The van der Waals surface area contributed by atoms with Crippen LogP contribution in [-0.4, -0.2) is 23.3 Å². The summed E-state index contributed by atoms with van der Waals surface area (Å²) < 4.78 is 72.2. The van der Waals surface area contributed by atoms with Gasteiger partial charge >= 0.3 is 11.4 Å². The van der Waals surface area contributed by atoms with Crippen LogP contribution < -0.4 is 0 Å². The van der Waals surface area contributed by atoms with Crippen LogP contribution in [0.1, 0.15) is 54.1 Å². The van der Waals surface area contributed by atoms with Gasteiger partial charge in [-0.15, -0.1) is 0 Å². The third-order valence-corrected chi connectivity index (χ3v) is 5.10. The van der Waals surface area contributed by atoms with E-state index in [0.717, 1.165) is 25.3 Å². The van der Waals surface area contributed by atoms with E-state index in [1.807, 2.05) is 0 Å². The van der Waals surface area contributed by atoms with E-state index < -0.39 is 51.6 Å². The minimum atomic E-state index is -4.66. The number of thioether (sulfide) groups is 1. The van der Waals surface area contributed by atoms with E-state index in [1.54, 1.807) is 0 Å². The number of alkyl halides is 5. The number of fused-ring (bicyclic) bond motifs is 1. The van der Waals surface area contributed by atoms with Gasteiger partial charge in [0, 0.05) is 10.5 Å². The molecule has 1 aromatic carbocycles. The van der Waals surface area contributed by atoms with E-state index in [2.05, 4.69) is 0 Å². The summed E-state index contributed by atoms with van der Waals surface area (Å²) in [5.41, 5.74) is -5.37. The summed E-state index contributed by atoms with van der Waals surface area (Å²) in [5, 5.41) is 0. The zero-order chi connectivity index (χ0) is 17.5. The number of ketones is 1. The molecular formula is C16H15F5O2S. The molecule has 0 N–H and O–H groups in total. The Morgan fingerprint density at radius 3 is 2.42 bits per heavy atom. The Morgan fingerprint density at radius 1 is 1.12 bits per heavy atom. The van der Waals surface area contributed by atoms with E-state index in [-0.39, 0.29) is 5.56 Å². The average Bonchev–Trinajstić information content (AvgIpc) is 2.69. The van der Waals surface area contributed by atoms with Gasteiger partial charge < -0.3 is 4.74 Å². The third kappa shape index (κ3) is 3.31. The lowest BCUT2D eigenvalue weighted by Crippen LogP contribution is -2.33. The zero-order valence-electron chi connectivity index (χ0n) is 12.5. The SMILES string of the molecule is O=C1c2c(SC(F)(F)F)cccc2C(OC2CCCCC2)C1(F)F. The minimum Gasteiger partial charge on any atom is -0.363 e. The van der Waals surface area contributed by atoms with Gasteiger partial charge in [0.2, 0.25) is 5.78 Å². The maximum atomic E-state index is 14.4. The van der Waals surface area contributed by atoms with Gasteiger partial charge in [-0.2, -0.15) is 22.0 Å². The van der Waals surface area contributed by atoms with Gasteiger partial charge in [-0.25, -0.2) is 0 Å². The van der Waals surface area contributed by atoms with Gasteiger partial charge in [0.1, 0.15) is 0 Å². The van der Waals surface area contributed by atoms with Crippen molar-refractivity contribution in [1.82, 2.24) is 0 Å². The first-order chi connectivity index (χ1) is 11.2. The fourth-order valence-electron chi connectivity index (χ4n) is 3.25. The first-order valence-electron chi connectivity index (χ1n) is 7.67. The number of ether oxygens (including phenoxy) is 1. The lowest BCUT2D eigenvalue weighted by Gasteiger charge is -2.28. The van der Waals surface area contributed by atoms with E-state index in [4.69, 9.17) is 4.74 Å². The third-order valence-electron chi connectivity index (χ3n) is 4.31. The van der Waals surface area contributed by atoms with Crippen LogP contribution >= 0.6 is 11.8 Å². The number of benzene rings is 1. The number of hydrogen-bond acceptors (Lipinski definition) is 3. The molecule has 1 fully saturated rings. The van der Waals surface area contributed by atoms with Crippen LogP contribution in [-0.2, 0) is 4.74 Å². The summed E-state index contributed by atoms with van der Waals surface area (Å²) in [7, 11) is 0. The molecule has 0 aromatic heterocycles. The molecule has 0 heterocycles. The van der Waals surface area contributed by atoms with Crippen molar-refractivity contribution < 1.29 is 31.5 Å². The summed E-state index contributed by atoms with van der Waals surface area (Å²) in [6, 6.07) is 3.54. The van der Waals surface area contributed by atoms with Crippen LogP contribution in [0.15, 0.2) is 23.1 Å². The maximum Gasteiger partial charge on any atom is 0.446 e. The number of hydrogen-bond donors (Lipinski definition) is 0. The van der Waals surface area contributed by atoms with Crippen molar-refractivity contribution in [2.45, 2.75) is 60.6 Å². The van der Waals surface area contributed by atoms with Gasteiger partial charge in [0.05, 0.1) is 6.10 Å². The highest BCUT2D eigenvalue weighted by Gasteiger charge is 2.58. The number of carbonyl (C=O) groups is 1. The minimum absolute atomic E-state index is 0.148. The monoisotopic (exact) mass is 366 g/mol. The Balaban J connectivity index is 1.95. The summed E-state index contributed by atoms with van der Waals surface area (Å²) in [4.78, 5) is 11.6. The Morgan fingerprint density at radius 2 is 1.79 bits per heavy atom. The summed E-state index contributed by atoms with van der Waals surface area (Å²) in [6.07, 6.45) is 1.74. The Labute approximate surface area is 139 Å². The van der Waals surface area contributed by atoms with E-state index >= 15 is 0 Å². The van der Waals surface area contributed by atoms with Crippen molar-refractivity contribution in [3.8, 4) is 0 Å². The molecule has 2 nitrogen and oxygen atoms in total. The lowest BCUT2D eigenvalue weighted by molar-refractivity contribution is -0.137. The van der Waals surface area contributed by atoms with Crippen LogP contribution in [0, 0.1) is 0 Å². The van der Waals surface area contributed by atoms with Crippen LogP contribution in [0.3, 0.4) is 0 Å². The quantitative estimate of drug-likeness (QED) is 0.520. The molecule has 0 amide bonds. The second kappa shape index (κ2) is 6.29. The van der Waals surface area contributed by atoms with E-state index in [1.165, 1.54) is 12.1 Å². The Kier molecular flexibility index (Phi) is 4.63. The Hall–Kier alpha value is -1.15. The van der Waals surface area contributed by atoms with Gasteiger partial charge in [0.25, 0.3) is 0 Å². The molecule has 0 radical (unpaired) electrons.